The molecule has 2 N–H and O–H groups in total. The lowest BCUT2D eigenvalue weighted by Gasteiger charge is -2.18. The molecule has 0 saturated carbocycles. The molecule has 0 fully saturated rings. The predicted octanol–water partition coefficient (Wildman–Crippen LogP) is 3.57. The number of nitrogens with two attached hydrogens (primary N) is 1. The van der Waals surface area contributed by atoms with Crippen molar-refractivity contribution in [2.24, 2.45) is 10.7 Å². The van der Waals surface area contributed by atoms with Crippen molar-refractivity contribution in [3.05, 3.63) is 71.3 Å². The number of hydrogen-bond donors (Lipinski definition) is 1. The minimum atomic E-state index is -0.499. The first-order valence-electron chi connectivity index (χ1n) is 8.10. The molecular formula is C20H25ClN4O2. The van der Waals surface area contributed by atoms with Crippen molar-refractivity contribution in [2.45, 2.75) is 19.9 Å². The van der Waals surface area contributed by atoms with E-state index in [9.17, 15) is 4.79 Å². The molecule has 0 spiro atoms. The first kappa shape index (κ1) is 22.2. The zero-order valence-electron chi connectivity index (χ0n) is 16.1. The lowest BCUT2D eigenvalue weighted by molar-refractivity contribution is -0.114. The number of pyridine rings is 1. The summed E-state index contributed by atoms with van der Waals surface area (Å²) in [7, 11) is 3.06. The Hall–Kier alpha value is -2.86. The molecule has 1 aromatic heterocycles. The Morgan fingerprint density at radius 3 is 2.59 bits per heavy atom. The lowest BCUT2D eigenvalue weighted by atomic mass is 9.97. The molecule has 0 aliphatic heterocycles. The Kier molecular flexibility index (Phi) is 8.48. The summed E-state index contributed by atoms with van der Waals surface area (Å²) in [4.78, 5) is 20.7. The molecule has 1 heterocycles. The summed E-state index contributed by atoms with van der Waals surface area (Å²) >= 11 is 6.01. The van der Waals surface area contributed by atoms with Crippen molar-refractivity contribution in [1.29, 1.82) is 0 Å². The fraction of sp³-hybridized carbons (Fsp3) is 0.250. The number of carbonyl (C=O) groups excluding carboxylic acids is 1. The summed E-state index contributed by atoms with van der Waals surface area (Å²) in [5.41, 5.74) is 9.17. The summed E-state index contributed by atoms with van der Waals surface area (Å²) in [6.45, 7) is 11.7. The maximum atomic E-state index is 10.9. The van der Waals surface area contributed by atoms with Crippen LogP contribution in [-0.2, 0) is 9.53 Å². The molecule has 1 aromatic rings. The number of guanidine groups is 1. The van der Waals surface area contributed by atoms with Gasteiger partial charge in [0.25, 0.3) is 0 Å². The van der Waals surface area contributed by atoms with Crippen molar-refractivity contribution in [1.82, 2.24) is 9.88 Å². The van der Waals surface area contributed by atoms with Crippen LogP contribution in [0.5, 0.6) is 0 Å². The van der Waals surface area contributed by atoms with E-state index >= 15 is 0 Å². The Labute approximate surface area is 165 Å². The molecule has 6 nitrogen and oxygen atoms in total. The molecule has 0 aromatic carbocycles. The predicted molar refractivity (Wildman–Crippen MR) is 111 cm³/mol. The van der Waals surface area contributed by atoms with E-state index in [1.54, 1.807) is 18.5 Å². The fourth-order valence-electron chi connectivity index (χ4n) is 2.21. The Balaban J connectivity index is 3.30. The van der Waals surface area contributed by atoms with Crippen molar-refractivity contribution < 1.29 is 9.53 Å². The smallest absolute Gasteiger partial charge is 0.216 e. The number of aromatic nitrogens is 1. The topological polar surface area (TPSA) is 80.8 Å². The van der Waals surface area contributed by atoms with Crippen LogP contribution < -0.4 is 5.73 Å². The summed E-state index contributed by atoms with van der Waals surface area (Å²) in [6.07, 6.45) is 7.50. The van der Waals surface area contributed by atoms with Gasteiger partial charge in [-0.2, -0.15) is 0 Å². The highest BCUT2D eigenvalue weighted by molar-refractivity contribution is 6.30. The van der Waals surface area contributed by atoms with Crippen LogP contribution in [0.1, 0.15) is 19.4 Å². The van der Waals surface area contributed by atoms with Crippen molar-refractivity contribution >= 4 is 29.5 Å². The van der Waals surface area contributed by atoms with Gasteiger partial charge >= 0.3 is 0 Å². The molecule has 0 radical (unpaired) electrons. The highest BCUT2D eigenvalue weighted by Gasteiger charge is 2.15. The maximum absolute atomic E-state index is 10.9. The molecule has 0 aliphatic carbocycles. The first-order valence-corrected chi connectivity index (χ1v) is 8.47. The van der Waals surface area contributed by atoms with Crippen LogP contribution in [0.15, 0.2) is 65.7 Å². The van der Waals surface area contributed by atoms with E-state index in [-0.39, 0.29) is 5.96 Å². The van der Waals surface area contributed by atoms with Crippen LogP contribution in [0.2, 0.25) is 5.02 Å². The molecule has 0 bridgehead atoms. The minimum absolute atomic E-state index is 0.0717. The molecular weight excluding hydrogens is 364 g/mol. The van der Waals surface area contributed by atoms with Gasteiger partial charge in [-0.1, -0.05) is 30.8 Å². The molecule has 0 aliphatic rings. The average molecular weight is 389 g/mol. The summed E-state index contributed by atoms with van der Waals surface area (Å²) in [5.74, 6) is 0.546. The maximum Gasteiger partial charge on any atom is 0.216 e. The monoisotopic (exact) mass is 388 g/mol. The van der Waals surface area contributed by atoms with Gasteiger partial charge in [0.1, 0.15) is 5.76 Å². The quantitative estimate of drug-likeness (QED) is 0.243. The lowest BCUT2D eigenvalue weighted by Crippen LogP contribution is -2.34. The molecule has 144 valence electrons. The van der Waals surface area contributed by atoms with Crippen LogP contribution in [0.4, 0.5) is 0 Å². The van der Waals surface area contributed by atoms with Crippen molar-refractivity contribution in [3.63, 3.8) is 0 Å². The van der Waals surface area contributed by atoms with Gasteiger partial charge in [-0.3, -0.25) is 14.7 Å². The average Bonchev–Trinajstić information content (AvgIpc) is 2.64. The van der Waals surface area contributed by atoms with Gasteiger partial charge in [-0.25, -0.2) is 4.99 Å². The van der Waals surface area contributed by atoms with Crippen molar-refractivity contribution in [2.75, 3.05) is 14.2 Å². The van der Waals surface area contributed by atoms with E-state index < -0.39 is 6.04 Å². The van der Waals surface area contributed by atoms with E-state index in [0.717, 1.165) is 16.7 Å². The molecule has 27 heavy (non-hydrogen) atoms. The van der Waals surface area contributed by atoms with Crippen LogP contribution >= 0.6 is 11.6 Å². The second-order valence-corrected chi connectivity index (χ2v) is 6.40. The Bertz CT molecular complexity index is 812. The van der Waals surface area contributed by atoms with Crippen LogP contribution in [0.3, 0.4) is 0 Å². The third kappa shape index (κ3) is 6.75. The van der Waals surface area contributed by atoms with Gasteiger partial charge in [0.15, 0.2) is 5.96 Å². The third-order valence-corrected chi connectivity index (χ3v) is 3.98. The molecule has 1 atom stereocenters. The van der Waals surface area contributed by atoms with Gasteiger partial charge in [0, 0.05) is 19.4 Å². The van der Waals surface area contributed by atoms with Gasteiger partial charge in [-0.05, 0) is 48.3 Å². The minimum Gasteiger partial charge on any atom is -0.497 e. The third-order valence-electron chi connectivity index (χ3n) is 3.78. The molecule has 1 unspecified atom stereocenters. The highest BCUT2D eigenvalue weighted by atomic mass is 35.5. The zero-order valence-corrected chi connectivity index (χ0v) is 16.8. The molecule has 0 saturated heterocycles. The van der Waals surface area contributed by atoms with E-state index in [1.807, 2.05) is 26.0 Å². The number of rotatable bonds is 8. The fourth-order valence-corrected chi connectivity index (χ4v) is 2.39. The van der Waals surface area contributed by atoms with E-state index in [0.29, 0.717) is 22.8 Å². The first-order chi connectivity index (χ1) is 12.7. The van der Waals surface area contributed by atoms with Gasteiger partial charge in [0.2, 0.25) is 6.41 Å². The standard InChI is InChI=1S/C20H25ClN4O2/c1-13(17-9-18(21)11-23-10-17)7-14(2)19(15(3)8-16(4)27-6)24-20(22)25(5)12-26/h7-12,19H,2,4H2,1,3,5-6H3,(H2,22,24)/b13-7+,15-8+. The van der Waals surface area contributed by atoms with E-state index in [2.05, 4.69) is 23.1 Å². The largest absolute Gasteiger partial charge is 0.497 e. The number of amides is 1. The van der Waals surface area contributed by atoms with Crippen LogP contribution in [-0.4, -0.2) is 42.5 Å². The van der Waals surface area contributed by atoms with Crippen LogP contribution in [0, 0.1) is 0 Å². The number of halogens is 1. The second-order valence-electron chi connectivity index (χ2n) is 5.96. The number of allylic oxidation sites excluding steroid dienone is 2. The molecule has 1 rings (SSSR count). The Morgan fingerprint density at radius 1 is 1.37 bits per heavy atom. The van der Waals surface area contributed by atoms with Gasteiger partial charge in [0.05, 0.1) is 18.2 Å². The second kappa shape index (κ2) is 10.3. The SMILES string of the molecule is C=C(/C=C(\C)C(/N=C(/N)N(C)C=O)C(=C)/C=C(\C)c1cncc(Cl)c1)OC. The van der Waals surface area contributed by atoms with Gasteiger partial charge in [-0.15, -0.1) is 0 Å². The molecule has 1 amide bonds. The van der Waals surface area contributed by atoms with Crippen LogP contribution in [0.25, 0.3) is 5.57 Å². The molecule has 7 heteroatoms. The number of nitrogens with zero attached hydrogens (tertiary/aromatic N) is 3. The van der Waals surface area contributed by atoms with Gasteiger partial charge < -0.3 is 10.5 Å². The summed E-state index contributed by atoms with van der Waals surface area (Å²) in [6, 6.07) is 1.32. The summed E-state index contributed by atoms with van der Waals surface area (Å²) < 4.78 is 5.10. The van der Waals surface area contributed by atoms with E-state index in [1.165, 1.54) is 19.1 Å². The normalized spacial score (nSPS) is 13.7. The number of ether oxygens (including phenoxy) is 1. The zero-order chi connectivity index (χ0) is 20.6. The highest BCUT2D eigenvalue weighted by Crippen LogP contribution is 2.23. The number of carbonyl (C=O) groups is 1. The van der Waals surface area contributed by atoms with E-state index in [4.69, 9.17) is 22.1 Å². The Morgan fingerprint density at radius 2 is 2.04 bits per heavy atom. The number of methoxy groups -OCH3 is 1. The number of aliphatic imine (C=N–C) groups is 1. The summed E-state index contributed by atoms with van der Waals surface area (Å²) in [5, 5.41) is 0.546. The van der Waals surface area contributed by atoms with Crippen molar-refractivity contribution in [3.8, 4) is 0 Å². The number of hydrogen-bond acceptors (Lipinski definition) is 4.